The third kappa shape index (κ3) is 12.1. The molecule has 2 N–H and O–H groups in total. The molecule has 6 heteroatoms. The van der Waals surface area contributed by atoms with E-state index >= 15 is 0 Å². The fourth-order valence-electron chi connectivity index (χ4n) is 1.31. The van der Waals surface area contributed by atoms with E-state index in [0.29, 0.717) is 26.2 Å². The molecule has 0 aromatic heterocycles. The lowest BCUT2D eigenvalue weighted by Crippen LogP contribution is -2.29. The van der Waals surface area contributed by atoms with Crippen molar-refractivity contribution in [1.82, 2.24) is 10.0 Å². The topological polar surface area (TPSA) is 67.4 Å². The molecular formula is C11H26N2O3S. The van der Waals surface area contributed by atoms with Crippen LogP contribution in [0, 0.1) is 0 Å². The highest BCUT2D eigenvalue weighted by atomic mass is 32.2. The van der Waals surface area contributed by atoms with Crippen LogP contribution in [0.3, 0.4) is 0 Å². The summed E-state index contributed by atoms with van der Waals surface area (Å²) in [7, 11) is -3.10. The van der Waals surface area contributed by atoms with E-state index in [1.54, 1.807) is 0 Å². The van der Waals surface area contributed by atoms with Crippen molar-refractivity contribution in [1.29, 1.82) is 0 Å². The molecule has 0 aromatic rings. The Morgan fingerprint density at radius 3 is 2.47 bits per heavy atom. The first kappa shape index (κ1) is 16.8. The molecule has 5 nitrogen and oxygen atoms in total. The van der Waals surface area contributed by atoms with Crippen LogP contribution in [0.4, 0.5) is 0 Å². The van der Waals surface area contributed by atoms with Crippen LogP contribution in [0.25, 0.3) is 0 Å². The molecule has 0 rings (SSSR count). The van der Waals surface area contributed by atoms with Gasteiger partial charge in [0.25, 0.3) is 0 Å². The molecule has 0 fully saturated rings. The zero-order valence-corrected chi connectivity index (χ0v) is 11.8. The summed E-state index contributed by atoms with van der Waals surface area (Å²) in [6.07, 6.45) is 2.45. The van der Waals surface area contributed by atoms with E-state index < -0.39 is 10.0 Å². The Hall–Kier alpha value is -0.170. The van der Waals surface area contributed by atoms with E-state index in [9.17, 15) is 8.42 Å². The van der Waals surface area contributed by atoms with Crippen LogP contribution in [0.5, 0.6) is 0 Å². The second-order valence-electron chi connectivity index (χ2n) is 3.87. The molecule has 0 radical (unpaired) electrons. The molecule has 0 aromatic carbocycles. The zero-order chi connectivity index (χ0) is 13.0. The molecule has 0 aliphatic rings. The molecular weight excluding hydrogens is 240 g/mol. The molecule has 0 heterocycles. The van der Waals surface area contributed by atoms with Gasteiger partial charge in [-0.2, -0.15) is 0 Å². The highest BCUT2D eigenvalue weighted by Crippen LogP contribution is 1.90. The number of sulfonamides is 1. The summed E-state index contributed by atoms with van der Waals surface area (Å²) in [6.45, 7) is 7.46. The molecule has 0 bridgehead atoms. The van der Waals surface area contributed by atoms with Gasteiger partial charge in [0, 0.05) is 19.8 Å². The number of rotatable bonds is 12. The normalized spacial score (nSPS) is 11.9. The Balaban J connectivity index is 3.46. The summed E-state index contributed by atoms with van der Waals surface area (Å²) in [5, 5.41) is 3.18. The number of hydrogen-bond acceptors (Lipinski definition) is 4. The van der Waals surface area contributed by atoms with Crippen molar-refractivity contribution in [3.8, 4) is 0 Å². The van der Waals surface area contributed by atoms with Crippen LogP contribution >= 0.6 is 0 Å². The van der Waals surface area contributed by atoms with Crippen molar-refractivity contribution in [3.05, 3.63) is 0 Å². The van der Waals surface area contributed by atoms with Gasteiger partial charge in [-0.1, -0.05) is 6.92 Å². The summed E-state index contributed by atoms with van der Waals surface area (Å²) in [6, 6.07) is 0. The Morgan fingerprint density at radius 1 is 1.06 bits per heavy atom. The van der Waals surface area contributed by atoms with Gasteiger partial charge in [0.15, 0.2) is 0 Å². The van der Waals surface area contributed by atoms with Gasteiger partial charge in [0.1, 0.15) is 0 Å². The maximum atomic E-state index is 11.5. The van der Waals surface area contributed by atoms with E-state index in [1.807, 2.05) is 6.92 Å². The Labute approximate surface area is 105 Å². The molecule has 17 heavy (non-hydrogen) atoms. The molecule has 0 saturated heterocycles. The molecule has 0 aliphatic heterocycles. The van der Waals surface area contributed by atoms with Crippen molar-refractivity contribution >= 4 is 10.0 Å². The SMILES string of the molecule is CCCNCCCS(=O)(=O)NCCCOCC. The third-order valence-electron chi connectivity index (χ3n) is 2.18. The minimum absolute atomic E-state index is 0.193. The van der Waals surface area contributed by atoms with Gasteiger partial charge in [0.05, 0.1) is 5.75 Å². The van der Waals surface area contributed by atoms with Gasteiger partial charge in [0.2, 0.25) is 10.0 Å². The second kappa shape index (κ2) is 11.0. The average Bonchev–Trinajstić information content (AvgIpc) is 2.28. The maximum Gasteiger partial charge on any atom is 0.211 e. The van der Waals surface area contributed by atoms with Gasteiger partial charge in [-0.3, -0.25) is 0 Å². The van der Waals surface area contributed by atoms with Crippen LogP contribution in [0.15, 0.2) is 0 Å². The first-order valence-electron chi connectivity index (χ1n) is 6.38. The predicted molar refractivity (Wildman–Crippen MR) is 70.7 cm³/mol. The summed E-state index contributed by atoms with van der Waals surface area (Å²) in [5.41, 5.74) is 0. The molecule has 0 unspecified atom stereocenters. The van der Waals surface area contributed by atoms with Crippen molar-refractivity contribution in [2.24, 2.45) is 0 Å². The van der Waals surface area contributed by atoms with Crippen LogP contribution in [0.1, 0.15) is 33.1 Å². The third-order valence-corrected chi connectivity index (χ3v) is 3.66. The van der Waals surface area contributed by atoms with Gasteiger partial charge in [-0.15, -0.1) is 0 Å². The van der Waals surface area contributed by atoms with E-state index in [4.69, 9.17) is 4.74 Å². The minimum Gasteiger partial charge on any atom is -0.382 e. The molecule has 0 spiro atoms. The fourth-order valence-corrected chi connectivity index (χ4v) is 2.43. The monoisotopic (exact) mass is 266 g/mol. The predicted octanol–water partition coefficient (Wildman–Crippen LogP) is 0.722. The van der Waals surface area contributed by atoms with Crippen LogP contribution in [0.2, 0.25) is 0 Å². The van der Waals surface area contributed by atoms with Crippen molar-refractivity contribution < 1.29 is 13.2 Å². The van der Waals surface area contributed by atoms with Gasteiger partial charge in [-0.05, 0) is 39.3 Å². The highest BCUT2D eigenvalue weighted by Gasteiger charge is 2.08. The smallest absolute Gasteiger partial charge is 0.211 e. The molecule has 104 valence electrons. The second-order valence-corrected chi connectivity index (χ2v) is 5.79. The first-order valence-corrected chi connectivity index (χ1v) is 8.03. The lowest BCUT2D eigenvalue weighted by Gasteiger charge is -2.07. The summed E-state index contributed by atoms with van der Waals surface area (Å²) >= 11 is 0. The molecule has 0 atom stereocenters. The molecule has 0 amide bonds. The number of ether oxygens (including phenoxy) is 1. The highest BCUT2D eigenvalue weighted by molar-refractivity contribution is 7.89. The van der Waals surface area contributed by atoms with Crippen molar-refractivity contribution in [2.45, 2.75) is 33.1 Å². The van der Waals surface area contributed by atoms with E-state index in [-0.39, 0.29) is 5.75 Å². The van der Waals surface area contributed by atoms with Crippen LogP contribution < -0.4 is 10.0 Å². The Kier molecular flexibility index (Phi) is 10.8. The largest absolute Gasteiger partial charge is 0.382 e. The van der Waals surface area contributed by atoms with Gasteiger partial charge < -0.3 is 10.1 Å². The maximum absolute atomic E-state index is 11.5. The molecule has 0 aliphatic carbocycles. The number of nitrogens with one attached hydrogen (secondary N) is 2. The van der Waals surface area contributed by atoms with Gasteiger partial charge in [-0.25, -0.2) is 13.1 Å². The lowest BCUT2D eigenvalue weighted by molar-refractivity contribution is 0.146. The Bertz CT molecular complexity index is 235. The van der Waals surface area contributed by atoms with Crippen LogP contribution in [-0.4, -0.2) is 47.0 Å². The first-order chi connectivity index (χ1) is 8.12. The summed E-state index contributed by atoms with van der Waals surface area (Å²) < 4.78 is 30.7. The standard InChI is InChI=1S/C11H26N2O3S/c1-3-7-12-8-6-11-17(14,15)13-9-5-10-16-4-2/h12-13H,3-11H2,1-2H3. The van der Waals surface area contributed by atoms with Gasteiger partial charge >= 0.3 is 0 Å². The minimum atomic E-state index is -3.10. The zero-order valence-electron chi connectivity index (χ0n) is 11.0. The van der Waals surface area contributed by atoms with Crippen molar-refractivity contribution in [3.63, 3.8) is 0 Å². The van der Waals surface area contributed by atoms with Crippen molar-refractivity contribution in [2.75, 3.05) is 38.6 Å². The quantitative estimate of drug-likeness (QED) is 0.511. The molecule has 0 saturated carbocycles. The Morgan fingerprint density at radius 2 is 1.82 bits per heavy atom. The lowest BCUT2D eigenvalue weighted by atomic mass is 10.4. The average molecular weight is 266 g/mol. The fraction of sp³-hybridized carbons (Fsp3) is 1.00. The van der Waals surface area contributed by atoms with E-state index in [1.165, 1.54) is 0 Å². The number of hydrogen-bond donors (Lipinski definition) is 2. The van der Waals surface area contributed by atoms with E-state index in [2.05, 4.69) is 17.0 Å². The summed E-state index contributed by atoms with van der Waals surface area (Å²) in [4.78, 5) is 0. The van der Waals surface area contributed by atoms with E-state index in [0.717, 1.165) is 25.9 Å². The summed E-state index contributed by atoms with van der Waals surface area (Å²) in [5.74, 6) is 0.193. The van der Waals surface area contributed by atoms with Crippen LogP contribution in [-0.2, 0) is 14.8 Å².